The van der Waals surface area contributed by atoms with E-state index in [2.05, 4.69) is 17.1 Å². The van der Waals surface area contributed by atoms with Crippen molar-refractivity contribution in [2.75, 3.05) is 19.6 Å². The average molecular weight is 353 g/mol. The molecular weight excluding hydrogens is 326 g/mol. The molecule has 0 aromatic carbocycles. The molecule has 5 heteroatoms. The molecule has 3 heterocycles. The minimum Gasteiger partial charge on any atom is -0.342 e. The van der Waals surface area contributed by atoms with Gasteiger partial charge in [-0.2, -0.15) is 0 Å². The lowest BCUT2D eigenvalue weighted by Crippen LogP contribution is -2.38. The third-order valence-electron chi connectivity index (χ3n) is 6.34. The predicted molar refractivity (Wildman–Crippen MR) is 99.0 cm³/mol. The first-order chi connectivity index (χ1) is 12.7. The van der Waals surface area contributed by atoms with E-state index < -0.39 is 0 Å². The van der Waals surface area contributed by atoms with Crippen molar-refractivity contribution in [3.8, 4) is 0 Å². The van der Waals surface area contributed by atoms with Crippen LogP contribution in [0, 0.1) is 11.3 Å². The molecule has 26 heavy (non-hydrogen) atoms. The van der Waals surface area contributed by atoms with Crippen LogP contribution in [0.4, 0.5) is 0 Å². The van der Waals surface area contributed by atoms with Crippen LogP contribution in [0.2, 0.25) is 0 Å². The molecule has 1 spiro atoms. The van der Waals surface area contributed by atoms with Crippen LogP contribution in [-0.4, -0.2) is 46.2 Å². The fraction of sp³-hybridized carbons (Fsp3) is 0.571. The number of rotatable bonds is 3. The Morgan fingerprint density at radius 1 is 1.08 bits per heavy atom. The number of aromatic nitrogens is 1. The summed E-state index contributed by atoms with van der Waals surface area (Å²) in [4.78, 5) is 34.0. The van der Waals surface area contributed by atoms with Crippen molar-refractivity contribution in [3.63, 3.8) is 0 Å². The molecule has 2 amide bonds. The van der Waals surface area contributed by atoms with Crippen molar-refractivity contribution in [1.82, 2.24) is 14.8 Å². The van der Waals surface area contributed by atoms with Crippen LogP contribution in [0.25, 0.3) is 0 Å². The Labute approximate surface area is 155 Å². The highest BCUT2D eigenvalue weighted by molar-refractivity contribution is 5.85. The zero-order chi connectivity index (χ0) is 18.0. The lowest BCUT2D eigenvalue weighted by Gasteiger charge is -2.27. The van der Waals surface area contributed by atoms with Gasteiger partial charge in [-0.1, -0.05) is 12.2 Å². The molecule has 2 fully saturated rings. The summed E-state index contributed by atoms with van der Waals surface area (Å²) in [6.07, 6.45) is 13.1. The molecule has 1 aromatic rings. The van der Waals surface area contributed by atoms with E-state index in [1.807, 2.05) is 21.9 Å². The van der Waals surface area contributed by atoms with Gasteiger partial charge in [-0.3, -0.25) is 14.6 Å². The van der Waals surface area contributed by atoms with Gasteiger partial charge in [0.2, 0.25) is 11.8 Å². The molecule has 0 bridgehead atoms. The van der Waals surface area contributed by atoms with Gasteiger partial charge >= 0.3 is 0 Å². The number of amides is 2. The van der Waals surface area contributed by atoms with E-state index in [-0.39, 0.29) is 23.1 Å². The van der Waals surface area contributed by atoms with Crippen molar-refractivity contribution >= 4 is 11.8 Å². The van der Waals surface area contributed by atoms with Crippen LogP contribution in [0.5, 0.6) is 0 Å². The van der Waals surface area contributed by atoms with Gasteiger partial charge in [0.1, 0.15) is 0 Å². The largest absolute Gasteiger partial charge is 0.342 e. The van der Waals surface area contributed by atoms with E-state index >= 15 is 0 Å². The van der Waals surface area contributed by atoms with E-state index in [9.17, 15) is 9.59 Å². The minimum atomic E-state index is -0.254. The molecule has 4 rings (SSSR count). The van der Waals surface area contributed by atoms with Gasteiger partial charge in [0, 0.05) is 44.5 Å². The van der Waals surface area contributed by atoms with Gasteiger partial charge in [-0.15, -0.1) is 0 Å². The Kier molecular flexibility index (Phi) is 4.79. The minimum absolute atomic E-state index is 0.131. The van der Waals surface area contributed by atoms with E-state index in [1.165, 1.54) is 0 Å². The summed E-state index contributed by atoms with van der Waals surface area (Å²) in [5.74, 6) is 0.698. The summed E-state index contributed by atoms with van der Waals surface area (Å²) < 4.78 is 0. The lowest BCUT2D eigenvalue weighted by molar-refractivity contribution is -0.138. The van der Waals surface area contributed by atoms with Gasteiger partial charge in [-0.25, -0.2) is 0 Å². The number of hydrogen-bond donors (Lipinski definition) is 0. The molecule has 0 saturated carbocycles. The molecule has 138 valence electrons. The highest BCUT2D eigenvalue weighted by Crippen LogP contribution is 2.42. The summed E-state index contributed by atoms with van der Waals surface area (Å²) in [5, 5.41) is 0. The molecule has 1 atom stereocenters. The quantitative estimate of drug-likeness (QED) is 0.785. The number of carbonyl (C=O) groups is 2. The van der Waals surface area contributed by atoms with Gasteiger partial charge in [0.05, 0.1) is 5.41 Å². The van der Waals surface area contributed by atoms with E-state index in [0.29, 0.717) is 6.54 Å². The highest BCUT2D eigenvalue weighted by Gasteiger charge is 2.47. The maximum Gasteiger partial charge on any atom is 0.229 e. The second-order valence-corrected chi connectivity index (χ2v) is 7.93. The number of pyridine rings is 1. The van der Waals surface area contributed by atoms with Crippen molar-refractivity contribution < 1.29 is 9.59 Å². The number of hydrogen-bond acceptors (Lipinski definition) is 3. The molecule has 0 unspecified atom stereocenters. The van der Waals surface area contributed by atoms with Crippen LogP contribution >= 0.6 is 0 Å². The monoisotopic (exact) mass is 353 g/mol. The molecular formula is C21H27N3O2. The first-order valence-corrected chi connectivity index (χ1v) is 9.80. The third-order valence-corrected chi connectivity index (χ3v) is 6.34. The second-order valence-electron chi connectivity index (χ2n) is 7.93. The summed E-state index contributed by atoms with van der Waals surface area (Å²) in [6, 6.07) is 3.95. The van der Waals surface area contributed by atoms with Crippen molar-refractivity contribution in [2.24, 2.45) is 11.3 Å². The standard InChI is InChI=1S/C21H27N3O2/c25-19(18-4-1-2-5-18)23-13-3-8-21(9-14-23)10-15-24(20(21)26)16-17-6-11-22-12-7-17/h1-2,6-7,11-12,18H,3-5,8-10,13-16H2/t21-/m0/s1. The van der Waals surface area contributed by atoms with Gasteiger partial charge < -0.3 is 9.80 Å². The normalized spacial score (nSPS) is 26.7. The first kappa shape index (κ1) is 17.3. The molecule has 0 radical (unpaired) electrons. The molecule has 5 nitrogen and oxygen atoms in total. The topological polar surface area (TPSA) is 53.5 Å². The summed E-state index contributed by atoms with van der Waals surface area (Å²) in [5.41, 5.74) is 0.875. The maximum absolute atomic E-state index is 13.2. The molecule has 2 saturated heterocycles. The zero-order valence-corrected chi connectivity index (χ0v) is 15.3. The number of allylic oxidation sites excluding steroid dienone is 2. The average Bonchev–Trinajstić information content (AvgIpc) is 3.23. The Morgan fingerprint density at radius 2 is 1.81 bits per heavy atom. The Hall–Kier alpha value is -2.17. The summed E-state index contributed by atoms with van der Waals surface area (Å²) in [7, 11) is 0. The van der Waals surface area contributed by atoms with E-state index in [0.717, 1.165) is 63.7 Å². The molecule has 0 N–H and O–H groups in total. The maximum atomic E-state index is 13.2. The Bertz CT molecular complexity index is 694. The fourth-order valence-electron chi connectivity index (χ4n) is 4.71. The molecule has 1 aliphatic carbocycles. The molecule has 3 aliphatic rings. The first-order valence-electron chi connectivity index (χ1n) is 9.80. The van der Waals surface area contributed by atoms with E-state index in [4.69, 9.17) is 0 Å². The smallest absolute Gasteiger partial charge is 0.229 e. The third kappa shape index (κ3) is 3.27. The number of carbonyl (C=O) groups excluding carboxylic acids is 2. The van der Waals surface area contributed by atoms with Crippen LogP contribution in [0.15, 0.2) is 36.7 Å². The number of likely N-dealkylation sites (tertiary alicyclic amines) is 2. The van der Waals surface area contributed by atoms with Crippen LogP contribution in [0.3, 0.4) is 0 Å². The zero-order valence-electron chi connectivity index (χ0n) is 15.3. The second kappa shape index (κ2) is 7.22. The molecule has 1 aromatic heterocycles. The van der Waals surface area contributed by atoms with Crippen molar-refractivity contribution in [1.29, 1.82) is 0 Å². The van der Waals surface area contributed by atoms with Crippen LogP contribution < -0.4 is 0 Å². The van der Waals surface area contributed by atoms with Crippen molar-refractivity contribution in [3.05, 3.63) is 42.2 Å². The van der Waals surface area contributed by atoms with Gasteiger partial charge in [-0.05, 0) is 56.2 Å². The fourth-order valence-corrected chi connectivity index (χ4v) is 4.71. The predicted octanol–water partition coefficient (Wildman–Crippen LogP) is 2.78. The summed E-state index contributed by atoms with van der Waals surface area (Å²) in [6.45, 7) is 3.01. The van der Waals surface area contributed by atoms with E-state index in [1.54, 1.807) is 12.4 Å². The number of nitrogens with zero attached hydrogens (tertiary/aromatic N) is 3. The Balaban J connectivity index is 1.40. The highest BCUT2D eigenvalue weighted by atomic mass is 16.2. The summed E-state index contributed by atoms with van der Waals surface area (Å²) >= 11 is 0. The van der Waals surface area contributed by atoms with Crippen molar-refractivity contribution in [2.45, 2.75) is 45.1 Å². The molecule has 2 aliphatic heterocycles. The lowest BCUT2D eigenvalue weighted by atomic mass is 9.79. The van der Waals surface area contributed by atoms with Crippen LogP contribution in [-0.2, 0) is 16.1 Å². The Morgan fingerprint density at radius 3 is 2.58 bits per heavy atom. The SMILES string of the molecule is O=C(C1CC=CC1)N1CCC[C@]2(CC1)CCN(Cc1ccncc1)C2=O. The van der Waals surface area contributed by atoms with Gasteiger partial charge in [0.15, 0.2) is 0 Å². The van der Waals surface area contributed by atoms with Crippen LogP contribution in [0.1, 0.15) is 44.1 Å². The van der Waals surface area contributed by atoms with Gasteiger partial charge in [0.25, 0.3) is 0 Å².